The number of hydrogen-bond acceptors (Lipinski definition) is 3. The van der Waals surface area contributed by atoms with Crippen LogP contribution in [0.4, 0.5) is 5.69 Å². The van der Waals surface area contributed by atoms with E-state index in [0.717, 1.165) is 37.7 Å². The van der Waals surface area contributed by atoms with Crippen LogP contribution in [0.1, 0.15) is 20.3 Å². The van der Waals surface area contributed by atoms with Gasteiger partial charge in [-0.1, -0.05) is 12.2 Å². The van der Waals surface area contributed by atoms with Gasteiger partial charge in [0.25, 0.3) is 0 Å². The molecule has 23 heavy (non-hydrogen) atoms. The van der Waals surface area contributed by atoms with E-state index in [0.29, 0.717) is 13.1 Å². The Balaban J connectivity index is 1.99. The second-order valence-electron chi connectivity index (χ2n) is 5.43. The molecule has 1 amide bonds. The molecule has 0 spiro atoms. The number of aryl methyl sites for hydroxylation is 1. The average Bonchev–Trinajstić information content (AvgIpc) is 2.96. The molecular weight excluding hydrogens is 292 g/mol. The van der Waals surface area contributed by atoms with Crippen molar-refractivity contribution in [3.8, 4) is 0 Å². The SMILES string of the molecule is C/C=C/CCN=C(NCC)N1CCN(c2cnn(C)c2)C(=O)C1. The average molecular weight is 318 g/mol. The van der Waals surface area contributed by atoms with Crippen molar-refractivity contribution >= 4 is 17.6 Å². The standard InChI is InChI=1S/C16H26N6O/c1-4-6-7-8-18-16(17-5-2)21-9-10-22(15(23)13-21)14-11-19-20(3)12-14/h4,6,11-12H,5,7-10,13H2,1-3H3,(H,17,18)/b6-4+. The van der Waals surface area contributed by atoms with Gasteiger partial charge in [0.1, 0.15) is 6.54 Å². The summed E-state index contributed by atoms with van der Waals surface area (Å²) < 4.78 is 1.71. The highest BCUT2D eigenvalue weighted by Gasteiger charge is 2.27. The highest BCUT2D eigenvalue weighted by atomic mass is 16.2. The van der Waals surface area contributed by atoms with E-state index in [4.69, 9.17) is 0 Å². The summed E-state index contributed by atoms with van der Waals surface area (Å²) in [5.74, 6) is 0.888. The van der Waals surface area contributed by atoms with Crippen molar-refractivity contribution in [2.24, 2.45) is 12.0 Å². The number of amides is 1. The topological polar surface area (TPSA) is 65.8 Å². The van der Waals surface area contributed by atoms with Crippen LogP contribution in [0.5, 0.6) is 0 Å². The second-order valence-corrected chi connectivity index (χ2v) is 5.43. The lowest BCUT2D eigenvalue weighted by Crippen LogP contribution is -2.55. The quantitative estimate of drug-likeness (QED) is 0.381. The van der Waals surface area contributed by atoms with Crippen LogP contribution in [0.2, 0.25) is 0 Å². The van der Waals surface area contributed by atoms with E-state index in [9.17, 15) is 4.79 Å². The molecule has 0 saturated carbocycles. The first-order valence-corrected chi connectivity index (χ1v) is 8.09. The molecule has 1 saturated heterocycles. The predicted octanol–water partition coefficient (Wildman–Crippen LogP) is 1.00. The van der Waals surface area contributed by atoms with E-state index in [2.05, 4.69) is 21.5 Å². The highest BCUT2D eigenvalue weighted by Crippen LogP contribution is 2.16. The van der Waals surface area contributed by atoms with Crippen molar-refractivity contribution in [2.45, 2.75) is 20.3 Å². The Hall–Kier alpha value is -2.31. The smallest absolute Gasteiger partial charge is 0.246 e. The molecule has 1 N–H and O–H groups in total. The zero-order valence-corrected chi connectivity index (χ0v) is 14.2. The molecule has 7 heteroatoms. The summed E-state index contributed by atoms with van der Waals surface area (Å²) >= 11 is 0. The summed E-state index contributed by atoms with van der Waals surface area (Å²) in [5, 5.41) is 7.41. The third kappa shape index (κ3) is 4.58. The first kappa shape index (κ1) is 17.1. The first-order valence-electron chi connectivity index (χ1n) is 8.09. The predicted molar refractivity (Wildman–Crippen MR) is 92.5 cm³/mol. The van der Waals surface area contributed by atoms with Gasteiger partial charge in [0.2, 0.25) is 5.91 Å². The molecule has 0 aliphatic carbocycles. The normalized spacial score (nSPS) is 16.5. The van der Waals surface area contributed by atoms with Crippen LogP contribution >= 0.6 is 0 Å². The molecule has 2 heterocycles. The lowest BCUT2D eigenvalue weighted by Gasteiger charge is -2.35. The molecule has 0 radical (unpaired) electrons. The van der Waals surface area contributed by atoms with Crippen LogP contribution in [-0.4, -0.2) is 59.3 Å². The fraction of sp³-hybridized carbons (Fsp3) is 0.562. The molecule has 1 aliphatic heterocycles. The number of rotatable bonds is 5. The van der Waals surface area contributed by atoms with E-state index in [1.165, 1.54) is 0 Å². The van der Waals surface area contributed by atoms with Gasteiger partial charge in [0, 0.05) is 39.4 Å². The number of carbonyl (C=O) groups excluding carboxylic acids is 1. The van der Waals surface area contributed by atoms with E-state index in [1.807, 2.05) is 38.1 Å². The lowest BCUT2D eigenvalue weighted by molar-refractivity contribution is -0.120. The maximum absolute atomic E-state index is 12.5. The molecule has 1 aliphatic rings. The van der Waals surface area contributed by atoms with E-state index >= 15 is 0 Å². The summed E-state index contributed by atoms with van der Waals surface area (Å²) in [5.41, 5.74) is 0.854. The third-order valence-electron chi connectivity index (χ3n) is 3.65. The van der Waals surface area contributed by atoms with Gasteiger partial charge in [0.05, 0.1) is 11.9 Å². The number of piperazine rings is 1. The van der Waals surface area contributed by atoms with Gasteiger partial charge in [-0.05, 0) is 20.3 Å². The molecule has 7 nitrogen and oxygen atoms in total. The maximum atomic E-state index is 12.5. The minimum atomic E-state index is 0.0725. The fourth-order valence-corrected chi connectivity index (χ4v) is 2.51. The summed E-state index contributed by atoms with van der Waals surface area (Å²) in [4.78, 5) is 20.9. The first-order chi connectivity index (χ1) is 11.2. The lowest BCUT2D eigenvalue weighted by atomic mass is 10.3. The summed E-state index contributed by atoms with van der Waals surface area (Å²) in [6.07, 6.45) is 8.63. The monoisotopic (exact) mass is 318 g/mol. The van der Waals surface area contributed by atoms with Gasteiger partial charge in [-0.3, -0.25) is 14.5 Å². The number of nitrogens with one attached hydrogen (secondary N) is 1. The van der Waals surface area contributed by atoms with Crippen molar-refractivity contribution < 1.29 is 4.79 Å². The number of aromatic nitrogens is 2. The van der Waals surface area contributed by atoms with Crippen LogP contribution in [0.25, 0.3) is 0 Å². The highest BCUT2D eigenvalue weighted by molar-refractivity contribution is 5.98. The zero-order valence-electron chi connectivity index (χ0n) is 14.2. The minimum Gasteiger partial charge on any atom is -0.357 e. The van der Waals surface area contributed by atoms with Gasteiger partial charge in [-0.15, -0.1) is 0 Å². The Labute approximate surface area is 137 Å². The van der Waals surface area contributed by atoms with Crippen LogP contribution in [-0.2, 0) is 11.8 Å². The Morgan fingerprint density at radius 2 is 2.30 bits per heavy atom. The molecule has 0 bridgehead atoms. The van der Waals surface area contributed by atoms with E-state index in [1.54, 1.807) is 15.8 Å². The molecule has 2 rings (SSSR count). The summed E-state index contributed by atoms with van der Waals surface area (Å²) in [6, 6.07) is 0. The van der Waals surface area contributed by atoms with Crippen molar-refractivity contribution in [1.82, 2.24) is 20.0 Å². The summed E-state index contributed by atoms with van der Waals surface area (Å²) in [6.45, 7) is 7.30. The molecular formula is C16H26N6O. The molecule has 126 valence electrons. The Kier molecular flexibility index (Phi) is 6.19. The van der Waals surface area contributed by atoms with Crippen molar-refractivity contribution in [2.75, 3.05) is 37.6 Å². The molecule has 0 unspecified atom stereocenters. The maximum Gasteiger partial charge on any atom is 0.246 e. The van der Waals surface area contributed by atoms with Crippen molar-refractivity contribution in [1.29, 1.82) is 0 Å². The van der Waals surface area contributed by atoms with Gasteiger partial charge in [-0.2, -0.15) is 5.10 Å². The summed E-state index contributed by atoms with van der Waals surface area (Å²) in [7, 11) is 1.85. The molecule has 1 aromatic rings. The largest absolute Gasteiger partial charge is 0.357 e. The van der Waals surface area contributed by atoms with Crippen LogP contribution < -0.4 is 10.2 Å². The van der Waals surface area contributed by atoms with Gasteiger partial charge >= 0.3 is 0 Å². The van der Waals surface area contributed by atoms with E-state index < -0.39 is 0 Å². The Bertz CT molecular complexity index is 577. The third-order valence-corrected chi connectivity index (χ3v) is 3.65. The Morgan fingerprint density at radius 1 is 1.48 bits per heavy atom. The number of allylic oxidation sites excluding steroid dienone is 1. The number of anilines is 1. The van der Waals surface area contributed by atoms with E-state index in [-0.39, 0.29) is 5.91 Å². The number of carbonyl (C=O) groups is 1. The molecule has 0 atom stereocenters. The molecule has 1 aromatic heterocycles. The fourth-order valence-electron chi connectivity index (χ4n) is 2.51. The van der Waals surface area contributed by atoms with Crippen LogP contribution in [0, 0.1) is 0 Å². The second kappa shape index (κ2) is 8.36. The van der Waals surface area contributed by atoms with Crippen molar-refractivity contribution in [3.05, 3.63) is 24.5 Å². The van der Waals surface area contributed by atoms with Gasteiger partial charge < -0.3 is 15.1 Å². The Morgan fingerprint density at radius 3 is 2.91 bits per heavy atom. The van der Waals surface area contributed by atoms with Gasteiger partial charge in [0.15, 0.2) is 5.96 Å². The number of hydrogen-bond donors (Lipinski definition) is 1. The number of guanidine groups is 1. The number of aliphatic imine (C=N–C) groups is 1. The minimum absolute atomic E-state index is 0.0725. The number of nitrogens with zero attached hydrogens (tertiary/aromatic N) is 5. The molecule has 1 fully saturated rings. The van der Waals surface area contributed by atoms with Crippen LogP contribution in [0.15, 0.2) is 29.5 Å². The zero-order chi connectivity index (χ0) is 16.7. The van der Waals surface area contributed by atoms with Gasteiger partial charge in [-0.25, -0.2) is 0 Å². The van der Waals surface area contributed by atoms with Crippen molar-refractivity contribution in [3.63, 3.8) is 0 Å². The van der Waals surface area contributed by atoms with Crippen LogP contribution in [0.3, 0.4) is 0 Å². The molecule has 0 aromatic carbocycles.